The summed E-state index contributed by atoms with van der Waals surface area (Å²) in [6, 6.07) is 6.42. The van der Waals surface area contributed by atoms with E-state index in [0.29, 0.717) is 18.7 Å². The van der Waals surface area contributed by atoms with Gasteiger partial charge in [0.05, 0.1) is 18.3 Å². The van der Waals surface area contributed by atoms with E-state index in [9.17, 15) is 9.90 Å². The predicted molar refractivity (Wildman–Crippen MR) is 89.2 cm³/mol. The van der Waals surface area contributed by atoms with Crippen LogP contribution >= 0.6 is 11.6 Å². The number of nitrogens with zero attached hydrogens (tertiary/aromatic N) is 3. The monoisotopic (exact) mass is 334 g/mol. The Balaban J connectivity index is 2.19. The molecule has 0 radical (unpaired) electrons. The Hall–Kier alpha value is -2.18. The van der Waals surface area contributed by atoms with Crippen LogP contribution in [0.15, 0.2) is 42.9 Å². The number of halogens is 1. The average Bonchev–Trinajstić information content (AvgIpc) is 2.58. The van der Waals surface area contributed by atoms with Crippen molar-refractivity contribution >= 4 is 23.3 Å². The van der Waals surface area contributed by atoms with Crippen LogP contribution in [-0.2, 0) is 6.54 Å². The molecular formula is C16H19ClN4O2. The Morgan fingerprint density at radius 3 is 2.78 bits per heavy atom. The van der Waals surface area contributed by atoms with Crippen LogP contribution in [0.1, 0.15) is 18.9 Å². The van der Waals surface area contributed by atoms with Crippen molar-refractivity contribution in [3.63, 3.8) is 0 Å². The number of aromatic nitrogens is 2. The second-order valence-electron chi connectivity index (χ2n) is 5.01. The van der Waals surface area contributed by atoms with Crippen molar-refractivity contribution in [2.24, 2.45) is 0 Å². The molecule has 122 valence electrons. The van der Waals surface area contributed by atoms with Gasteiger partial charge in [0.1, 0.15) is 0 Å². The number of carbonyl (C=O) groups excluding carboxylic acids is 1. The number of anilines is 1. The minimum atomic E-state index is -0.343. The molecular weight excluding hydrogens is 316 g/mol. The molecule has 2 aromatic rings. The Kier molecular flexibility index (Phi) is 6.31. The number of hydrogen-bond acceptors (Lipinski definition) is 4. The van der Waals surface area contributed by atoms with E-state index < -0.39 is 0 Å². The molecule has 0 aliphatic rings. The molecule has 0 bridgehead atoms. The summed E-state index contributed by atoms with van der Waals surface area (Å²) >= 11 is 5.98. The van der Waals surface area contributed by atoms with Crippen LogP contribution in [0.3, 0.4) is 0 Å². The van der Waals surface area contributed by atoms with E-state index in [1.807, 2.05) is 19.1 Å². The zero-order chi connectivity index (χ0) is 16.7. The summed E-state index contributed by atoms with van der Waals surface area (Å²) in [4.78, 5) is 22.2. The highest BCUT2D eigenvalue weighted by molar-refractivity contribution is 6.32. The highest BCUT2D eigenvalue weighted by Gasteiger charge is 2.23. The third kappa shape index (κ3) is 4.64. The predicted octanol–water partition coefficient (Wildman–Crippen LogP) is 2.94. The summed E-state index contributed by atoms with van der Waals surface area (Å²) in [6.45, 7) is 2.14. The van der Waals surface area contributed by atoms with Crippen LogP contribution < -0.4 is 5.32 Å². The highest BCUT2D eigenvalue weighted by atomic mass is 35.5. The number of aliphatic hydroxyl groups is 1. The first-order valence-electron chi connectivity index (χ1n) is 7.33. The molecule has 7 heteroatoms. The maximum absolute atomic E-state index is 12.6. The Morgan fingerprint density at radius 2 is 2.17 bits per heavy atom. The summed E-state index contributed by atoms with van der Waals surface area (Å²) in [5.41, 5.74) is 1.31. The van der Waals surface area contributed by atoms with Gasteiger partial charge >= 0.3 is 6.03 Å². The van der Waals surface area contributed by atoms with Crippen LogP contribution in [0, 0.1) is 0 Å². The van der Waals surface area contributed by atoms with Crippen molar-refractivity contribution in [3.8, 4) is 0 Å². The van der Waals surface area contributed by atoms with Crippen LogP contribution in [0.5, 0.6) is 0 Å². The number of hydrogen-bond donors (Lipinski definition) is 2. The molecule has 0 aliphatic heterocycles. The second kappa shape index (κ2) is 8.45. The van der Waals surface area contributed by atoms with Gasteiger partial charge in [-0.1, -0.05) is 24.6 Å². The van der Waals surface area contributed by atoms with E-state index in [1.54, 1.807) is 35.6 Å². The normalized spacial score (nSPS) is 11.8. The maximum Gasteiger partial charge on any atom is 0.322 e. The smallest absolute Gasteiger partial charge is 0.322 e. The van der Waals surface area contributed by atoms with Gasteiger partial charge < -0.3 is 15.3 Å². The molecule has 2 aromatic heterocycles. The SMILES string of the molecule is CCC(CO)N(Cc1cccnc1)C(=O)Nc1cccnc1Cl. The van der Waals surface area contributed by atoms with Gasteiger partial charge in [-0.3, -0.25) is 4.98 Å². The van der Waals surface area contributed by atoms with Crippen molar-refractivity contribution in [2.75, 3.05) is 11.9 Å². The average molecular weight is 335 g/mol. The fourth-order valence-corrected chi connectivity index (χ4v) is 2.34. The molecule has 2 N–H and O–H groups in total. The minimum Gasteiger partial charge on any atom is -0.394 e. The zero-order valence-corrected chi connectivity index (χ0v) is 13.6. The zero-order valence-electron chi connectivity index (χ0n) is 12.8. The number of amides is 2. The van der Waals surface area contributed by atoms with Gasteiger partial charge in [0.15, 0.2) is 5.15 Å². The van der Waals surface area contributed by atoms with Gasteiger partial charge in [-0.15, -0.1) is 0 Å². The van der Waals surface area contributed by atoms with Crippen molar-refractivity contribution in [3.05, 3.63) is 53.6 Å². The lowest BCUT2D eigenvalue weighted by Crippen LogP contribution is -2.44. The number of pyridine rings is 2. The number of aliphatic hydroxyl groups excluding tert-OH is 1. The topological polar surface area (TPSA) is 78.3 Å². The van der Waals surface area contributed by atoms with E-state index in [2.05, 4.69) is 15.3 Å². The third-order valence-corrected chi connectivity index (χ3v) is 3.76. The van der Waals surface area contributed by atoms with Gasteiger partial charge in [0, 0.05) is 25.1 Å². The lowest BCUT2D eigenvalue weighted by atomic mass is 10.2. The Morgan fingerprint density at radius 1 is 1.39 bits per heavy atom. The van der Waals surface area contributed by atoms with Crippen LogP contribution in [0.4, 0.5) is 10.5 Å². The Labute approximate surface area is 140 Å². The maximum atomic E-state index is 12.6. The molecule has 23 heavy (non-hydrogen) atoms. The molecule has 0 saturated heterocycles. The largest absolute Gasteiger partial charge is 0.394 e. The van der Waals surface area contributed by atoms with Crippen LogP contribution in [0.25, 0.3) is 0 Å². The third-order valence-electron chi connectivity index (χ3n) is 3.46. The Bertz CT molecular complexity index is 635. The number of urea groups is 1. The second-order valence-corrected chi connectivity index (χ2v) is 5.36. The summed E-state index contributed by atoms with van der Waals surface area (Å²) < 4.78 is 0. The van der Waals surface area contributed by atoms with Crippen LogP contribution in [-0.4, -0.2) is 38.7 Å². The van der Waals surface area contributed by atoms with E-state index in [1.165, 1.54) is 0 Å². The highest BCUT2D eigenvalue weighted by Crippen LogP contribution is 2.19. The van der Waals surface area contributed by atoms with E-state index >= 15 is 0 Å². The molecule has 2 rings (SSSR count). The molecule has 1 unspecified atom stereocenters. The molecule has 0 aromatic carbocycles. The lowest BCUT2D eigenvalue weighted by molar-refractivity contribution is 0.134. The summed E-state index contributed by atoms with van der Waals surface area (Å²) in [5, 5.41) is 12.5. The van der Waals surface area contributed by atoms with Crippen molar-refractivity contribution in [2.45, 2.75) is 25.9 Å². The van der Waals surface area contributed by atoms with Gasteiger partial charge in [0.2, 0.25) is 0 Å². The number of rotatable bonds is 6. The lowest BCUT2D eigenvalue weighted by Gasteiger charge is -2.30. The van der Waals surface area contributed by atoms with Crippen molar-refractivity contribution < 1.29 is 9.90 Å². The van der Waals surface area contributed by atoms with Gasteiger partial charge in [-0.2, -0.15) is 0 Å². The molecule has 0 spiro atoms. The minimum absolute atomic E-state index is 0.120. The molecule has 0 saturated carbocycles. The van der Waals surface area contributed by atoms with Crippen molar-refractivity contribution in [1.29, 1.82) is 0 Å². The number of carbonyl (C=O) groups is 1. The summed E-state index contributed by atoms with van der Waals surface area (Å²) in [5.74, 6) is 0. The number of nitrogens with one attached hydrogen (secondary N) is 1. The first-order chi connectivity index (χ1) is 11.2. The van der Waals surface area contributed by atoms with E-state index in [-0.39, 0.29) is 23.8 Å². The van der Waals surface area contributed by atoms with Gasteiger partial charge in [-0.25, -0.2) is 9.78 Å². The standard InChI is InChI=1S/C16H19ClN4O2/c1-2-13(11-22)21(10-12-5-3-7-18-9-12)16(23)20-14-6-4-8-19-15(14)17/h3-9,13,22H,2,10-11H2,1H3,(H,20,23). The van der Waals surface area contributed by atoms with Crippen molar-refractivity contribution in [1.82, 2.24) is 14.9 Å². The molecule has 2 heterocycles. The summed E-state index contributed by atoms with van der Waals surface area (Å²) in [6.07, 6.45) is 5.55. The molecule has 2 amide bonds. The summed E-state index contributed by atoms with van der Waals surface area (Å²) in [7, 11) is 0. The van der Waals surface area contributed by atoms with Gasteiger partial charge in [0.25, 0.3) is 0 Å². The molecule has 1 atom stereocenters. The quantitative estimate of drug-likeness (QED) is 0.796. The first-order valence-corrected chi connectivity index (χ1v) is 7.71. The first kappa shape index (κ1) is 17.2. The fourth-order valence-electron chi connectivity index (χ4n) is 2.17. The fraction of sp³-hybridized carbons (Fsp3) is 0.312. The van der Waals surface area contributed by atoms with Gasteiger partial charge in [-0.05, 0) is 30.2 Å². The molecule has 0 fully saturated rings. The molecule has 6 nitrogen and oxygen atoms in total. The van der Waals surface area contributed by atoms with E-state index in [0.717, 1.165) is 5.56 Å². The van der Waals surface area contributed by atoms with E-state index in [4.69, 9.17) is 11.6 Å². The molecule has 0 aliphatic carbocycles. The van der Waals surface area contributed by atoms with Crippen LogP contribution in [0.2, 0.25) is 5.15 Å².